The van der Waals surface area contributed by atoms with Crippen molar-refractivity contribution in [2.45, 2.75) is 57.7 Å². The number of imide groups is 1. The molecule has 210 valence electrons. The number of allylic oxidation sites excluding steroid dienone is 1. The number of carbonyl (C=O) groups is 3. The van der Waals surface area contributed by atoms with Gasteiger partial charge in [0.25, 0.3) is 5.91 Å². The second-order valence-electron chi connectivity index (χ2n) is 11.3. The Hall–Kier alpha value is -3.43. The van der Waals surface area contributed by atoms with Crippen LogP contribution in [0.3, 0.4) is 0 Å². The number of carbonyl (C=O) groups excluding carboxylic acids is 3. The fourth-order valence-electron chi connectivity index (χ4n) is 6.53. The minimum Gasteiger partial charge on any atom is -0.322 e. The van der Waals surface area contributed by atoms with E-state index in [1.807, 2.05) is 12.1 Å². The van der Waals surface area contributed by atoms with Gasteiger partial charge in [0.15, 0.2) is 0 Å². The summed E-state index contributed by atoms with van der Waals surface area (Å²) in [5, 5.41) is 2.28. The quantitative estimate of drug-likeness (QED) is 0.555. The highest BCUT2D eigenvalue weighted by Crippen LogP contribution is 2.34. The van der Waals surface area contributed by atoms with Gasteiger partial charge in [0.1, 0.15) is 17.7 Å². The van der Waals surface area contributed by atoms with Gasteiger partial charge in [-0.3, -0.25) is 29.5 Å². The number of fused-ring (bicyclic) bond motifs is 1. The molecule has 3 aliphatic heterocycles. The Morgan fingerprint density at radius 1 is 0.825 bits per heavy atom. The summed E-state index contributed by atoms with van der Waals surface area (Å²) in [6.45, 7) is 4.81. The maximum absolute atomic E-state index is 15.6. The van der Waals surface area contributed by atoms with Gasteiger partial charge in [-0.2, -0.15) is 0 Å². The van der Waals surface area contributed by atoms with Crippen LogP contribution in [0.2, 0.25) is 0 Å². The van der Waals surface area contributed by atoms with Crippen molar-refractivity contribution in [3.8, 4) is 0 Å². The van der Waals surface area contributed by atoms with Crippen LogP contribution in [0.5, 0.6) is 0 Å². The lowest BCUT2D eigenvalue weighted by Gasteiger charge is -2.36. The third-order valence-corrected chi connectivity index (χ3v) is 8.78. The normalized spacial score (nSPS) is 22.6. The van der Waals surface area contributed by atoms with Crippen molar-refractivity contribution in [2.24, 2.45) is 0 Å². The highest BCUT2D eigenvalue weighted by atomic mass is 19.1. The van der Waals surface area contributed by atoms with E-state index in [1.54, 1.807) is 12.1 Å². The first kappa shape index (κ1) is 26.8. The van der Waals surface area contributed by atoms with Crippen molar-refractivity contribution >= 4 is 23.3 Å². The lowest BCUT2D eigenvalue weighted by atomic mass is 9.87. The zero-order valence-corrected chi connectivity index (χ0v) is 22.6. The molecule has 1 unspecified atom stereocenters. The van der Waals surface area contributed by atoms with Crippen molar-refractivity contribution in [3.05, 3.63) is 75.9 Å². The Balaban J connectivity index is 1.08. The fraction of sp³-hybridized carbons (Fsp3) is 0.452. The summed E-state index contributed by atoms with van der Waals surface area (Å²) in [6, 6.07) is 9.45. The fourth-order valence-corrected chi connectivity index (χ4v) is 6.53. The van der Waals surface area contributed by atoms with Gasteiger partial charge in [0.2, 0.25) is 11.8 Å². The number of piperazine rings is 1. The number of hydrogen-bond donors (Lipinski definition) is 1. The number of halogens is 2. The summed E-state index contributed by atoms with van der Waals surface area (Å²) < 4.78 is 29.1. The van der Waals surface area contributed by atoms with Crippen LogP contribution in [-0.4, -0.2) is 71.2 Å². The number of amides is 3. The third kappa shape index (κ3) is 5.32. The van der Waals surface area contributed by atoms with E-state index in [0.717, 1.165) is 57.5 Å². The Labute approximate surface area is 232 Å². The Bertz CT molecular complexity index is 1370. The van der Waals surface area contributed by atoms with Crippen molar-refractivity contribution in [1.29, 1.82) is 0 Å². The van der Waals surface area contributed by atoms with Gasteiger partial charge in [-0.05, 0) is 61.4 Å². The second kappa shape index (κ2) is 11.2. The van der Waals surface area contributed by atoms with Crippen molar-refractivity contribution in [1.82, 2.24) is 20.0 Å². The van der Waals surface area contributed by atoms with Crippen LogP contribution in [0, 0.1) is 11.6 Å². The summed E-state index contributed by atoms with van der Waals surface area (Å²) in [5.74, 6) is -1.79. The van der Waals surface area contributed by atoms with Gasteiger partial charge in [-0.25, -0.2) is 8.78 Å². The first-order chi connectivity index (χ1) is 19.4. The first-order valence-electron chi connectivity index (χ1n) is 14.2. The number of hydrogen-bond acceptors (Lipinski definition) is 5. The van der Waals surface area contributed by atoms with E-state index in [9.17, 15) is 18.8 Å². The van der Waals surface area contributed by atoms with E-state index >= 15 is 4.39 Å². The van der Waals surface area contributed by atoms with E-state index in [0.29, 0.717) is 23.2 Å². The molecular weight excluding hydrogens is 514 g/mol. The van der Waals surface area contributed by atoms with Crippen LogP contribution >= 0.6 is 0 Å². The molecular formula is C31H34F2N4O3. The number of nitrogens with zero attached hydrogens (tertiary/aromatic N) is 3. The van der Waals surface area contributed by atoms with Gasteiger partial charge in [-0.15, -0.1) is 0 Å². The van der Waals surface area contributed by atoms with E-state index < -0.39 is 11.9 Å². The molecule has 0 saturated carbocycles. The Morgan fingerprint density at radius 3 is 2.25 bits per heavy atom. The summed E-state index contributed by atoms with van der Waals surface area (Å²) in [6.07, 6.45) is 4.87. The van der Waals surface area contributed by atoms with E-state index in [4.69, 9.17) is 0 Å². The molecule has 1 atom stereocenters. The number of nitrogens with one attached hydrogen (secondary N) is 1. The molecule has 0 radical (unpaired) electrons. The molecule has 40 heavy (non-hydrogen) atoms. The second-order valence-corrected chi connectivity index (χ2v) is 11.3. The number of rotatable bonds is 6. The SMILES string of the molecule is O=C1CCC(N2Cc3c(ccc(CN4CCN(CC5=C(c6ccc(F)cc6)CCCC5)CC4)c3F)C2=O)C(=O)N1. The van der Waals surface area contributed by atoms with E-state index in [-0.39, 0.29) is 42.8 Å². The zero-order chi connectivity index (χ0) is 27.8. The smallest absolute Gasteiger partial charge is 0.255 e. The van der Waals surface area contributed by atoms with Gasteiger partial charge < -0.3 is 4.90 Å². The van der Waals surface area contributed by atoms with Gasteiger partial charge >= 0.3 is 0 Å². The maximum Gasteiger partial charge on any atom is 0.255 e. The van der Waals surface area contributed by atoms with Crippen LogP contribution in [0.25, 0.3) is 5.57 Å². The summed E-state index contributed by atoms with van der Waals surface area (Å²) >= 11 is 0. The molecule has 0 aromatic heterocycles. The molecule has 3 amide bonds. The van der Waals surface area contributed by atoms with Gasteiger partial charge in [0.05, 0.1) is 6.54 Å². The van der Waals surface area contributed by atoms with Crippen LogP contribution < -0.4 is 5.32 Å². The van der Waals surface area contributed by atoms with Crippen LogP contribution in [-0.2, 0) is 22.7 Å². The molecule has 3 heterocycles. The summed E-state index contributed by atoms with van der Waals surface area (Å²) in [5.41, 5.74) is 5.11. The average molecular weight is 549 g/mol. The zero-order valence-electron chi connectivity index (χ0n) is 22.6. The van der Waals surface area contributed by atoms with Crippen LogP contribution in [0.4, 0.5) is 8.78 Å². The van der Waals surface area contributed by atoms with Gasteiger partial charge in [-0.1, -0.05) is 23.8 Å². The molecule has 9 heteroatoms. The minimum atomic E-state index is -0.753. The van der Waals surface area contributed by atoms with Gasteiger partial charge in [0, 0.05) is 62.4 Å². The minimum absolute atomic E-state index is 0.0411. The van der Waals surface area contributed by atoms with Crippen LogP contribution in [0.1, 0.15) is 65.6 Å². The van der Waals surface area contributed by atoms with Crippen molar-refractivity contribution < 1.29 is 23.2 Å². The molecule has 2 fully saturated rings. The lowest BCUT2D eigenvalue weighted by Crippen LogP contribution is -2.52. The van der Waals surface area contributed by atoms with Crippen molar-refractivity contribution in [3.63, 3.8) is 0 Å². The van der Waals surface area contributed by atoms with E-state index in [1.165, 1.54) is 34.6 Å². The number of benzene rings is 2. The third-order valence-electron chi connectivity index (χ3n) is 8.78. The van der Waals surface area contributed by atoms with E-state index in [2.05, 4.69) is 15.1 Å². The Morgan fingerprint density at radius 2 is 1.52 bits per heavy atom. The summed E-state index contributed by atoms with van der Waals surface area (Å²) in [4.78, 5) is 42.9. The standard InChI is InChI=1S/C31H34F2N4O3/c32-23-8-5-20(6-9-23)24-4-2-1-3-21(24)17-35-13-15-36(16-14-35)18-22-7-10-25-26(29(22)33)19-37(31(25)40)27-11-12-28(38)34-30(27)39/h5-10,27H,1-4,11-19H2,(H,34,38,39). The number of piperidine rings is 1. The maximum atomic E-state index is 15.6. The molecule has 4 aliphatic rings. The largest absolute Gasteiger partial charge is 0.322 e. The highest BCUT2D eigenvalue weighted by Gasteiger charge is 2.40. The molecule has 2 aromatic carbocycles. The highest BCUT2D eigenvalue weighted by molar-refractivity contribution is 6.05. The molecule has 0 bridgehead atoms. The molecule has 6 rings (SSSR count). The predicted molar refractivity (Wildman–Crippen MR) is 146 cm³/mol. The summed E-state index contributed by atoms with van der Waals surface area (Å²) in [7, 11) is 0. The molecule has 7 nitrogen and oxygen atoms in total. The first-order valence-corrected chi connectivity index (χ1v) is 14.2. The van der Waals surface area contributed by atoms with Crippen molar-refractivity contribution in [2.75, 3.05) is 32.7 Å². The lowest BCUT2D eigenvalue weighted by molar-refractivity contribution is -0.136. The van der Waals surface area contributed by atoms with Crippen LogP contribution in [0.15, 0.2) is 42.0 Å². The molecule has 0 spiro atoms. The Kier molecular flexibility index (Phi) is 7.51. The molecule has 1 aliphatic carbocycles. The molecule has 2 aromatic rings. The molecule has 2 saturated heterocycles. The monoisotopic (exact) mass is 548 g/mol. The average Bonchev–Trinajstić information content (AvgIpc) is 3.29. The topological polar surface area (TPSA) is 73.0 Å². The predicted octanol–water partition coefficient (Wildman–Crippen LogP) is 3.87. The molecule has 1 N–H and O–H groups in total.